The third-order valence-electron chi connectivity index (χ3n) is 3.82. The van der Waals surface area contributed by atoms with Crippen LogP contribution >= 0.6 is 0 Å². The number of amides is 3. The Hall–Kier alpha value is -3.09. The van der Waals surface area contributed by atoms with Crippen molar-refractivity contribution in [1.29, 1.82) is 0 Å². The number of hydrogen-bond donors (Lipinski definition) is 3. The Bertz CT molecular complexity index is 790. The summed E-state index contributed by atoms with van der Waals surface area (Å²) in [5.74, 6) is -2.34. The predicted molar refractivity (Wildman–Crippen MR) is 89.2 cm³/mol. The Morgan fingerprint density at radius 2 is 1.58 bits per heavy atom. The fourth-order valence-electron chi connectivity index (χ4n) is 2.34. The fourth-order valence-corrected chi connectivity index (χ4v) is 2.34. The first-order chi connectivity index (χ1) is 11.3. The summed E-state index contributed by atoms with van der Waals surface area (Å²) in [6.45, 7) is 1.67. The van der Waals surface area contributed by atoms with Gasteiger partial charge in [-0.25, -0.2) is 0 Å². The lowest BCUT2D eigenvalue weighted by molar-refractivity contribution is -0.134. The third-order valence-corrected chi connectivity index (χ3v) is 3.82. The van der Waals surface area contributed by atoms with Crippen LogP contribution in [0.1, 0.15) is 18.4 Å². The van der Waals surface area contributed by atoms with Crippen molar-refractivity contribution < 1.29 is 19.1 Å². The molecule has 7 heteroatoms. The summed E-state index contributed by atoms with van der Waals surface area (Å²) in [6.07, 6.45) is 0. The summed E-state index contributed by atoms with van der Waals surface area (Å²) in [7, 11) is 1.59. The van der Waals surface area contributed by atoms with Gasteiger partial charge in [0.2, 0.25) is 17.7 Å². The van der Waals surface area contributed by atoms with E-state index in [-0.39, 0.29) is 0 Å². The van der Waals surface area contributed by atoms with Crippen LogP contribution in [0.25, 0.3) is 10.8 Å². The third kappa shape index (κ3) is 3.62. The van der Waals surface area contributed by atoms with Gasteiger partial charge in [-0.3, -0.25) is 14.4 Å². The van der Waals surface area contributed by atoms with Crippen molar-refractivity contribution in [2.24, 2.45) is 11.5 Å². The Balaban J connectivity index is 2.23. The molecule has 7 nitrogen and oxygen atoms in total. The number of rotatable bonds is 6. The van der Waals surface area contributed by atoms with E-state index in [0.29, 0.717) is 0 Å². The number of ether oxygens (including phenoxy) is 1. The van der Waals surface area contributed by atoms with E-state index in [1.807, 2.05) is 30.3 Å². The highest BCUT2D eigenvalue weighted by Gasteiger charge is 2.26. The van der Waals surface area contributed by atoms with E-state index >= 15 is 0 Å². The zero-order chi connectivity index (χ0) is 17.9. The van der Waals surface area contributed by atoms with Crippen molar-refractivity contribution in [2.45, 2.75) is 18.9 Å². The van der Waals surface area contributed by atoms with Gasteiger partial charge in [-0.1, -0.05) is 24.3 Å². The van der Waals surface area contributed by atoms with Gasteiger partial charge in [0.1, 0.15) is 5.75 Å². The molecular weight excluding hydrogens is 310 g/mol. The number of carbonyl (C=O) groups is 3. The van der Waals surface area contributed by atoms with E-state index in [1.165, 1.54) is 0 Å². The van der Waals surface area contributed by atoms with Gasteiger partial charge in [0, 0.05) is 0 Å². The fraction of sp³-hybridized carbons (Fsp3) is 0.235. The van der Waals surface area contributed by atoms with Crippen molar-refractivity contribution >= 4 is 28.5 Å². The molecule has 3 amide bonds. The number of benzene rings is 2. The van der Waals surface area contributed by atoms with Crippen LogP contribution in [-0.2, 0) is 14.4 Å². The average molecular weight is 329 g/mol. The highest BCUT2D eigenvalue weighted by atomic mass is 16.5. The molecule has 0 fully saturated rings. The first-order valence-electron chi connectivity index (χ1n) is 7.30. The smallest absolute Gasteiger partial charge is 0.249 e. The Labute approximate surface area is 138 Å². The summed E-state index contributed by atoms with van der Waals surface area (Å²) in [5, 5.41) is 4.18. The molecule has 0 saturated carbocycles. The minimum absolute atomic E-state index is 0.509. The molecule has 126 valence electrons. The summed E-state index contributed by atoms with van der Waals surface area (Å²) >= 11 is 0. The van der Waals surface area contributed by atoms with Crippen LogP contribution in [0.2, 0.25) is 0 Å². The number of fused-ring (bicyclic) bond motifs is 1. The van der Waals surface area contributed by atoms with E-state index in [0.717, 1.165) is 22.1 Å². The molecule has 24 heavy (non-hydrogen) atoms. The maximum Gasteiger partial charge on any atom is 0.249 e. The molecule has 2 rings (SSSR count). The Kier molecular flexibility index (Phi) is 5.03. The Morgan fingerprint density at radius 3 is 2.17 bits per heavy atom. The molecule has 2 aromatic carbocycles. The molecule has 0 spiro atoms. The zero-order valence-electron chi connectivity index (χ0n) is 13.4. The highest BCUT2D eigenvalue weighted by molar-refractivity contribution is 6.06. The number of nitrogens with one attached hydrogen (secondary N) is 1. The second-order valence-electron chi connectivity index (χ2n) is 5.44. The van der Waals surface area contributed by atoms with Crippen LogP contribution < -0.4 is 21.5 Å². The van der Waals surface area contributed by atoms with Crippen molar-refractivity contribution in [3.8, 4) is 5.75 Å². The second kappa shape index (κ2) is 6.99. The first-order valence-corrected chi connectivity index (χ1v) is 7.30. The number of carbonyl (C=O) groups excluding carboxylic acids is 3. The minimum Gasteiger partial charge on any atom is -0.497 e. The lowest BCUT2D eigenvalue weighted by atomic mass is 9.96. The topological polar surface area (TPSA) is 125 Å². The van der Waals surface area contributed by atoms with Gasteiger partial charge >= 0.3 is 0 Å². The average Bonchev–Trinajstić information content (AvgIpc) is 2.57. The van der Waals surface area contributed by atoms with Crippen LogP contribution in [0.4, 0.5) is 0 Å². The maximum absolute atomic E-state index is 12.3. The summed E-state index contributed by atoms with van der Waals surface area (Å²) < 4.78 is 5.18. The largest absolute Gasteiger partial charge is 0.497 e. The predicted octanol–water partition coefficient (Wildman–Crippen LogP) is 0.407. The number of methoxy groups -OCH3 is 1. The number of nitrogens with two attached hydrogens (primary N) is 2. The van der Waals surface area contributed by atoms with E-state index in [2.05, 4.69) is 5.32 Å². The normalized spacial score (nSPS) is 12.0. The van der Waals surface area contributed by atoms with E-state index in [1.54, 1.807) is 20.1 Å². The molecule has 0 aliphatic heterocycles. The Morgan fingerprint density at radius 1 is 1.00 bits per heavy atom. The van der Waals surface area contributed by atoms with Crippen LogP contribution in [0.3, 0.4) is 0 Å². The number of hydrogen-bond acceptors (Lipinski definition) is 4. The standard InChI is InChI=1S/C17H19N3O4/c1-9(17(23)20-14(15(18)21)16(19)22)10-3-4-12-8-13(24-2)6-5-11(12)7-10/h3-9,14H,1-2H3,(H2,18,21)(H2,19,22)(H,20,23)/t9-/m0/s1. The highest BCUT2D eigenvalue weighted by Crippen LogP contribution is 2.25. The lowest BCUT2D eigenvalue weighted by Gasteiger charge is -2.17. The van der Waals surface area contributed by atoms with Gasteiger partial charge in [0.05, 0.1) is 13.0 Å². The van der Waals surface area contributed by atoms with Crippen LogP contribution in [-0.4, -0.2) is 30.9 Å². The quantitative estimate of drug-likeness (QED) is 0.664. The van der Waals surface area contributed by atoms with E-state index < -0.39 is 29.7 Å². The molecule has 5 N–H and O–H groups in total. The molecule has 0 radical (unpaired) electrons. The van der Waals surface area contributed by atoms with Gasteiger partial charge in [-0.2, -0.15) is 0 Å². The van der Waals surface area contributed by atoms with Crippen LogP contribution in [0.5, 0.6) is 5.75 Å². The van der Waals surface area contributed by atoms with Crippen molar-refractivity contribution in [3.05, 3.63) is 42.0 Å². The van der Waals surface area contributed by atoms with Gasteiger partial charge in [-0.05, 0) is 35.4 Å². The minimum atomic E-state index is -1.52. The molecule has 0 aliphatic rings. The molecule has 0 aliphatic carbocycles. The van der Waals surface area contributed by atoms with Gasteiger partial charge in [-0.15, -0.1) is 0 Å². The van der Waals surface area contributed by atoms with Gasteiger partial charge in [0.25, 0.3) is 0 Å². The first kappa shape index (κ1) is 17.3. The second-order valence-corrected chi connectivity index (χ2v) is 5.44. The monoisotopic (exact) mass is 329 g/mol. The van der Waals surface area contributed by atoms with Crippen LogP contribution in [0, 0.1) is 0 Å². The molecule has 0 heterocycles. The summed E-state index contributed by atoms with van der Waals surface area (Å²) in [4.78, 5) is 34.6. The van der Waals surface area contributed by atoms with Gasteiger partial charge in [0.15, 0.2) is 6.04 Å². The molecule has 0 saturated heterocycles. The molecule has 0 aromatic heterocycles. The molecule has 0 bridgehead atoms. The molecule has 2 aromatic rings. The zero-order valence-corrected chi connectivity index (χ0v) is 13.4. The molecule has 0 unspecified atom stereocenters. The van der Waals surface area contributed by atoms with E-state index in [9.17, 15) is 14.4 Å². The number of primary amides is 2. The van der Waals surface area contributed by atoms with Crippen molar-refractivity contribution in [2.75, 3.05) is 7.11 Å². The molecule has 1 atom stereocenters. The van der Waals surface area contributed by atoms with Crippen molar-refractivity contribution in [3.63, 3.8) is 0 Å². The van der Waals surface area contributed by atoms with E-state index in [4.69, 9.17) is 16.2 Å². The summed E-state index contributed by atoms with van der Waals surface area (Å²) in [6, 6.07) is 9.62. The van der Waals surface area contributed by atoms with Crippen molar-refractivity contribution in [1.82, 2.24) is 5.32 Å². The molecular formula is C17H19N3O4. The van der Waals surface area contributed by atoms with Crippen LogP contribution in [0.15, 0.2) is 36.4 Å². The lowest BCUT2D eigenvalue weighted by Crippen LogP contribution is -2.53. The SMILES string of the molecule is COc1ccc2cc([C@H](C)C(=O)NC(C(N)=O)C(N)=O)ccc2c1. The van der Waals surface area contributed by atoms with Gasteiger partial charge < -0.3 is 21.5 Å². The summed E-state index contributed by atoms with van der Waals surface area (Å²) in [5.41, 5.74) is 10.9. The maximum atomic E-state index is 12.3.